The Morgan fingerprint density at radius 2 is 2.35 bits per heavy atom. The summed E-state index contributed by atoms with van der Waals surface area (Å²) in [5, 5.41) is 8.93. The summed E-state index contributed by atoms with van der Waals surface area (Å²) in [6.45, 7) is 0.584. The summed E-state index contributed by atoms with van der Waals surface area (Å²) in [4.78, 5) is 13.7. The van der Waals surface area contributed by atoms with E-state index in [2.05, 4.69) is 22.0 Å². The van der Waals surface area contributed by atoms with Gasteiger partial charge >= 0.3 is 0 Å². The van der Waals surface area contributed by atoms with Gasteiger partial charge in [-0.3, -0.25) is 4.79 Å². The number of carbonyl (C=O) groups is 1. The molecular formula is C12H10BrFN2O. The lowest BCUT2D eigenvalue weighted by Crippen LogP contribution is -2.34. The van der Waals surface area contributed by atoms with Crippen LogP contribution in [0.25, 0.3) is 0 Å². The van der Waals surface area contributed by atoms with Crippen LogP contribution in [0.2, 0.25) is 0 Å². The maximum absolute atomic E-state index is 12.9. The Balaban J connectivity index is 2.28. The van der Waals surface area contributed by atoms with Gasteiger partial charge < -0.3 is 4.90 Å². The van der Waals surface area contributed by atoms with Crippen molar-refractivity contribution in [2.75, 3.05) is 6.54 Å². The molecule has 0 radical (unpaired) electrons. The van der Waals surface area contributed by atoms with Crippen molar-refractivity contribution in [1.82, 2.24) is 4.90 Å². The minimum Gasteiger partial charge on any atom is -0.323 e. The molecule has 17 heavy (non-hydrogen) atoms. The van der Waals surface area contributed by atoms with E-state index in [1.807, 2.05) is 0 Å². The topological polar surface area (TPSA) is 44.1 Å². The van der Waals surface area contributed by atoms with Gasteiger partial charge in [0.25, 0.3) is 5.91 Å². The van der Waals surface area contributed by atoms with Crippen molar-refractivity contribution in [3.63, 3.8) is 0 Å². The molecule has 1 saturated heterocycles. The number of halogens is 2. The molecule has 1 aliphatic rings. The third-order valence-electron chi connectivity index (χ3n) is 2.82. The summed E-state index contributed by atoms with van der Waals surface area (Å²) in [5.74, 6) is -0.618. The average molecular weight is 297 g/mol. The van der Waals surface area contributed by atoms with Crippen LogP contribution in [-0.4, -0.2) is 23.4 Å². The number of rotatable bonds is 1. The lowest BCUT2D eigenvalue weighted by Gasteiger charge is -2.20. The quantitative estimate of drug-likeness (QED) is 0.800. The summed E-state index contributed by atoms with van der Waals surface area (Å²) in [6, 6.07) is 5.69. The number of hydrogen-bond donors (Lipinski definition) is 0. The molecule has 0 saturated carbocycles. The maximum Gasteiger partial charge on any atom is 0.256 e. The first kappa shape index (κ1) is 12.1. The monoisotopic (exact) mass is 296 g/mol. The lowest BCUT2D eigenvalue weighted by molar-refractivity contribution is 0.0764. The standard InChI is InChI=1S/C12H10BrFN2O/c13-11-6-8(14)3-4-10(11)12(17)16-5-1-2-9(16)7-15/h3-4,6,9H,1-2,5H2. The molecule has 1 aliphatic heterocycles. The second kappa shape index (κ2) is 4.84. The van der Waals surface area contributed by atoms with Gasteiger partial charge in [0.1, 0.15) is 11.9 Å². The van der Waals surface area contributed by atoms with Crippen molar-refractivity contribution in [3.8, 4) is 6.07 Å². The first-order valence-corrected chi connectivity index (χ1v) is 6.08. The SMILES string of the molecule is N#CC1CCCN1C(=O)c1ccc(F)cc1Br. The predicted octanol–water partition coefficient (Wildman–Crippen LogP) is 2.72. The zero-order chi connectivity index (χ0) is 12.4. The zero-order valence-corrected chi connectivity index (χ0v) is 10.6. The van der Waals surface area contributed by atoms with E-state index in [9.17, 15) is 9.18 Å². The molecular weight excluding hydrogens is 287 g/mol. The van der Waals surface area contributed by atoms with Crippen LogP contribution >= 0.6 is 15.9 Å². The molecule has 1 amide bonds. The molecule has 1 atom stereocenters. The number of nitriles is 1. The fourth-order valence-electron chi connectivity index (χ4n) is 1.96. The summed E-state index contributed by atoms with van der Waals surface area (Å²) in [5.41, 5.74) is 0.397. The van der Waals surface area contributed by atoms with Crippen LogP contribution < -0.4 is 0 Å². The van der Waals surface area contributed by atoms with E-state index >= 15 is 0 Å². The Morgan fingerprint density at radius 3 is 3.00 bits per heavy atom. The van der Waals surface area contributed by atoms with E-state index < -0.39 is 5.82 Å². The molecule has 0 aliphatic carbocycles. The highest BCUT2D eigenvalue weighted by Crippen LogP contribution is 2.24. The molecule has 1 aromatic carbocycles. The normalized spacial score (nSPS) is 19.1. The Morgan fingerprint density at radius 1 is 1.59 bits per heavy atom. The maximum atomic E-state index is 12.9. The van der Waals surface area contributed by atoms with E-state index in [1.165, 1.54) is 23.1 Å². The molecule has 88 valence electrons. The molecule has 0 spiro atoms. The van der Waals surface area contributed by atoms with Gasteiger partial charge in [0, 0.05) is 11.0 Å². The number of hydrogen-bond acceptors (Lipinski definition) is 2. The number of nitrogens with zero attached hydrogens (tertiary/aromatic N) is 2. The zero-order valence-electron chi connectivity index (χ0n) is 8.99. The second-order valence-electron chi connectivity index (χ2n) is 3.91. The van der Waals surface area contributed by atoms with E-state index in [4.69, 9.17) is 5.26 Å². The van der Waals surface area contributed by atoms with Crippen LogP contribution in [-0.2, 0) is 0 Å². The van der Waals surface area contributed by atoms with E-state index in [1.54, 1.807) is 0 Å². The molecule has 0 aromatic heterocycles. The lowest BCUT2D eigenvalue weighted by atomic mass is 10.2. The highest BCUT2D eigenvalue weighted by atomic mass is 79.9. The van der Waals surface area contributed by atoms with Crippen molar-refractivity contribution in [1.29, 1.82) is 5.26 Å². The largest absolute Gasteiger partial charge is 0.323 e. The van der Waals surface area contributed by atoms with Crippen molar-refractivity contribution in [3.05, 3.63) is 34.1 Å². The van der Waals surface area contributed by atoms with Crippen molar-refractivity contribution >= 4 is 21.8 Å². The predicted molar refractivity (Wildman–Crippen MR) is 63.8 cm³/mol. The smallest absolute Gasteiger partial charge is 0.256 e. The van der Waals surface area contributed by atoms with E-state index in [0.717, 1.165) is 6.42 Å². The van der Waals surface area contributed by atoms with Gasteiger partial charge in [0.2, 0.25) is 0 Å². The molecule has 0 bridgehead atoms. The first-order chi connectivity index (χ1) is 8.13. The van der Waals surface area contributed by atoms with Crippen molar-refractivity contribution in [2.24, 2.45) is 0 Å². The third kappa shape index (κ3) is 2.32. The number of carbonyl (C=O) groups excluding carboxylic acids is 1. The first-order valence-electron chi connectivity index (χ1n) is 5.29. The van der Waals surface area contributed by atoms with Crippen molar-refractivity contribution < 1.29 is 9.18 Å². The molecule has 0 N–H and O–H groups in total. The highest BCUT2D eigenvalue weighted by Gasteiger charge is 2.30. The van der Waals surface area contributed by atoms with Gasteiger partial charge in [-0.15, -0.1) is 0 Å². The summed E-state index contributed by atoms with van der Waals surface area (Å²) in [6.07, 6.45) is 1.55. The Bertz CT molecular complexity index is 498. The third-order valence-corrected chi connectivity index (χ3v) is 3.48. The number of amides is 1. The van der Waals surface area contributed by atoms with Crippen LogP contribution in [0.5, 0.6) is 0 Å². The Kier molecular flexibility index (Phi) is 3.43. The Labute approximate surface area is 107 Å². The van der Waals surface area contributed by atoms with Gasteiger partial charge in [-0.1, -0.05) is 0 Å². The molecule has 5 heteroatoms. The number of likely N-dealkylation sites (tertiary alicyclic amines) is 1. The van der Waals surface area contributed by atoms with Gasteiger partial charge in [0.05, 0.1) is 11.6 Å². The van der Waals surface area contributed by atoms with Crippen molar-refractivity contribution in [2.45, 2.75) is 18.9 Å². The summed E-state index contributed by atoms with van der Waals surface area (Å²) < 4.78 is 13.3. The molecule has 1 unspecified atom stereocenters. The average Bonchev–Trinajstić information content (AvgIpc) is 2.76. The molecule has 1 fully saturated rings. The van der Waals surface area contributed by atoms with Crippen LogP contribution in [0.1, 0.15) is 23.2 Å². The Hall–Kier alpha value is -1.41. The minimum atomic E-state index is -0.397. The molecule has 1 heterocycles. The molecule has 3 nitrogen and oxygen atoms in total. The second-order valence-corrected chi connectivity index (χ2v) is 4.76. The summed E-state index contributed by atoms with van der Waals surface area (Å²) in [7, 11) is 0. The molecule has 2 rings (SSSR count). The van der Waals surface area contributed by atoms with Crippen LogP contribution in [0, 0.1) is 17.1 Å². The minimum absolute atomic E-state index is 0.221. The van der Waals surface area contributed by atoms with Gasteiger partial charge in [-0.2, -0.15) is 5.26 Å². The fourth-order valence-corrected chi connectivity index (χ4v) is 2.48. The van der Waals surface area contributed by atoms with Gasteiger partial charge in [0.15, 0.2) is 0 Å². The van der Waals surface area contributed by atoms with Crippen LogP contribution in [0.4, 0.5) is 4.39 Å². The molecule has 1 aromatic rings. The fraction of sp³-hybridized carbons (Fsp3) is 0.333. The summed E-state index contributed by atoms with van der Waals surface area (Å²) >= 11 is 3.17. The van der Waals surface area contributed by atoms with Gasteiger partial charge in [-0.25, -0.2) is 4.39 Å². The van der Waals surface area contributed by atoms with E-state index in [0.29, 0.717) is 23.0 Å². The number of benzene rings is 1. The highest BCUT2D eigenvalue weighted by molar-refractivity contribution is 9.10. The van der Waals surface area contributed by atoms with Gasteiger partial charge in [-0.05, 0) is 47.0 Å². The van der Waals surface area contributed by atoms with Crippen LogP contribution in [0.15, 0.2) is 22.7 Å². The van der Waals surface area contributed by atoms with Crippen LogP contribution in [0.3, 0.4) is 0 Å². The van der Waals surface area contributed by atoms with E-state index in [-0.39, 0.29) is 11.9 Å².